The van der Waals surface area contributed by atoms with Crippen molar-refractivity contribution in [2.75, 3.05) is 13.6 Å². The van der Waals surface area contributed by atoms with Crippen molar-refractivity contribution in [1.29, 1.82) is 0 Å². The van der Waals surface area contributed by atoms with E-state index in [1.165, 1.54) is 12.1 Å². The lowest BCUT2D eigenvalue weighted by Crippen LogP contribution is -2.56. The average Bonchev–Trinajstić information content (AvgIpc) is 2.83. The third-order valence-electron chi connectivity index (χ3n) is 6.03. The van der Waals surface area contributed by atoms with Crippen LogP contribution in [0, 0.1) is 0 Å². The van der Waals surface area contributed by atoms with Crippen LogP contribution >= 0.6 is 0 Å². The number of fused-ring (bicyclic) bond motifs is 5. The van der Waals surface area contributed by atoms with Gasteiger partial charge in [-0.3, -0.25) is 9.59 Å². The number of carbonyl (C=O) groups is 3. The number of rotatable bonds is 5. The molecular weight excluding hydrogens is 456 g/mol. The Kier molecular flexibility index (Phi) is 8.28. The molecule has 35 heavy (non-hydrogen) atoms. The first-order valence-corrected chi connectivity index (χ1v) is 11.2. The number of carboxylic acids is 1. The molecular formula is C24H30N4O7. The molecule has 1 heterocycles. The molecule has 0 radical (unpaired) electrons. The summed E-state index contributed by atoms with van der Waals surface area (Å²) in [5, 5.41) is 48.3. The van der Waals surface area contributed by atoms with Gasteiger partial charge in [0.05, 0.1) is 12.1 Å². The second-order valence-electron chi connectivity index (χ2n) is 8.52. The van der Waals surface area contributed by atoms with Gasteiger partial charge in [-0.2, -0.15) is 0 Å². The second-order valence-corrected chi connectivity index (χ2v) is 8.52. The molecule has 0 fully saturated rings. The lowest BCUT2D eigenvalue weighted by atomic mass is 9.95. The van der Waals surface area contributed by atoms with Crippen molar-refractivity contribution in [3.05, 3.63) is 47.5 Å². The number of amides is 2. The van der Waals surface area contributed by atoms with E-state index in [0.29, 0.717) is 16.7 Å². The van der Waals surface area contributed by atoms with Gasteiger partial charge in [0.1, 0.15) is 23.6 Å². The zero-order valence-electron chi connectivity index (χ0n) is 19.2. The minimum Gasteiger partial charge on any atom is -0.508 e. The fraction of sp³-hybridized carbons (Fsp3) is 0.375. The van der Waals surface area contributed by atoms with E-state index in [0.717, 1.165) is 0 Å². The standard InChI is InChI=1S/C24H30N4O7/c1-26-17-8-14-6-12(2-4-20(14)30)13-3-5-21(31)15(7-13)9-19(24(34)35)28-23(33)18(27-22(17)32)10-16(29)11-25/h2-7,16-19,26,29-31H,8-11,25H2,1H3,(H,27,32)(H,28,33)(H,34,35)/t16-,17+,18+,19+/m1/s1. The normalized spacial score (nSPS) is 21.7. The molecule has 0 aliphatic carbocycles. The van der Waals surface area contributed by atoms with E-state index in [1.807, 2.05) is 0 Å². The molecule has 0 aromatic heterocycles. The van der Waals surface area contributed by atoms with Gasteiger partial charge in [-0.15, -0.1) is 0 Å². The number of hydrogen-bond donors (Lipinski definition) is 8. The van der Waals surface area contributed by atoms with Gasteiger partial charge in [0.25, 0.3) is 0 Å². The molecule has 2 amide bonds. The molecule has 3 rings (SSSR count). The number of carboxylic acid groups (broad SMARTS) is 1. The van der Waals surface area contributed by atoms with Crippen molar-refractivity contribution < 1.29 is 34.8 Å². The highest BCUT2D eigenvalue weighted by atomic mass is 16.4. The third-order valence-corrected chi connectivity index (χ3v) is 6.03. The van der Waals surface area contributed by atoms with Crippen LogP contribution in [-0.4, -0.2) is 76.0 Å². The molecule has 4 bridgehead atoms. The summed E-state index contributed by atoms with van der Waals surface area (Å²) in [6.45, 7) is -0.168. The fourth-order valence-corrected chi connectivity index (χ4v) is 3.97. The molecule has 0 unspecified atom stereocenters. The highest BCUT2D eigenvalue weighted by Gasteiger charge is 2.31. The van der Waals surface area contributed by atoms with Crippen LogP contribution < -0.4 is 21.7 Å². The van der Waals surface area contributed by atoms with Crippen LogP contribution in [0.15, 0.2) is 36.4 Å². The van der Waals surface area contributed by atoms with Gasteiger partial charge in [-0.25, -0.2) is 4.79 Å². The molecule has 188 valence electrons. The van der Waals surface area contributed by atoms with E-state index in [1.54, 1.807) is 31.3 Å². The number of aliphatic hydroxyl groups is 1. The van der Waals surface area contributed by atoms with E-state index in [4.69, 9.17) is 5.73 Å². The average molecular weight is 487 g/mol. The predicted molar refractivity (Wildman–Crippen MR) is 127 cm³/mol. The summed E-state index contributed by atoms with van der Waals surface area (Å²) < 4.78 is 0. The Bertz CT molecular complexity index is 1110. The number of carbonyl (C=O) groups excluding carboxylic acids is 2. The Labute approximate surface area is 202 Å². The maximum absolute atomic E-state index is 13.0. The summed E-state index contributed by atoms with van der Waals surface area (Å²) in [7, 11) is 1.55. The molecule has 0 saturated carbocycles. The Hall–Kier alpha value is -3.67. The summed E-state index contributed by atoms with van der Waals surface area (Å²) in [5.41, 5.74) is 7.56. The smallest absolute Gasteiger partial charge is 0.326 e. The first-order chi connectivity index (χ1) is 16.6. The van der Waals surface area contributed by atoms with Crippen molar-refractivity contribution >= 4 is 17.8 Å². The highest BCUT2D eigenvalue weighted by Crippen LogP contribution is 2.31. The number of aromatic hydroxyl groups is 2. The molecule has 11 heteroatoms. The molecule has 1 aliphatic heterocycles. The van der Waals surface area contributed by atoms with Crippen molar-refractivity contribution in [2.45, 2.75) is 43.5 Å². The zero-order valence-corrected chi connectivity index (χ0v) is 19.2. The Morgan fingerprint density at radius 1 is 1.03 bits per heavy atom. The van der Waals surface area contributed by atoms with Gasteiger partial charge in [-0.1, -0.05) is 12.1 Å². The van der Waals surface area contributed by atoms with Gasteiger partial charge in [-0.05, 0) is 53.6 Å². The van der Waals surface area contributed by atoms with Crippen LogP contribution in [0.25, 0.3) is 11.1 Å². The molecule has 2 aromatic carbocycles. The Balaban J connectivity index is 2.11. The van der Waals surface area contributed by atoms with Gasteiger partial charge in [0.15, 0.2) is 0 Å². The van der Waals surface area contributed by atoms with Crippen LogP contribution in [0.5, 0.6) is 11.5 Å². The number of aliphatic hydroxyl groups excluding tert-OH is 1. The van der Waals surface area contributed by atoms with Gasteiger partial charge >= 0.3 is 5.97 Å². The predicted octanol–water partition coefficient (Wildman–Crippen LogP) is -0.785. The van der Waals surface area contributed by atoms with Gasteiger partial charge in [0, 0.05) is 25.8 Å². The molecule has 0 saturated heterocycles. The van der Waals surface area contributed by atoms with Crippen molar-refractivity contribution in [2.24, 2.45) is 5.73 Å². The minimum atomic E-state index is -1.42. The highest BCUT2D eigenvalue weighted by molar-refractivity contribution is 5.92. The quantitative estimate of drug-likeness (QED) is 0.267. The molecule has 4 atom stereocenters. The van der Waals surface area contributed by atoms with Gasteiger partial charge in [0.2, 0.25) is 11.8 Å². The number of nitrogens with one attached hydrogen (secondary N) is 3. The third kappa shape index (κ3) is 6.27. The van der Waals surface area contributed by atoms with Crippen molar-refractivity contribution in [3.8, 4) is 22.6 Å². The van der Waals surface area contributed by atoms with Crippen LogP contribution in [0.2, 0.25) is 0 Å². The SMILES string of the molecule is CN[C@H]1Cc2cc(ccc2O)-c2ccc(O)c(c2)C[C@@H](C(=O)O)NC(=O)[C@H](C[C@@H](O)CN)NC1=O. The summed E-state index contributed by atoms with van der Waals surface area (Å²) in [6.07, 6.45) is -1.51. The van der Waals surface area contributed by atoms with E-state index in [9.17, 15) is 34.8 Å². The van der Waals surface area contributed by atoms with Crippen molar-refractivity contribution in [1.82, 2.24) is 16.0 Å². The number of aliphatic carboxylic acids is 1. The summed E-state index contributed by atoms with van der Waals surface area (Å²) in [4.78, 5) is 38.0. The number of benzene rings is 2. The second kappa shape index (κ2) is 11.2. The van der Waals surface area contributed by atoms with E-state index >= 15 is 0 Å². The molecule has 2 aromatic rings. The van der Waals surface area contributed by atoms with Crippen LogP contribution in [0.4, 0.5) is 0 Å². The van der Waals surface area contributed by atoms with E-state index < -0.39 is 42.0 Å². The number of likely N-dealkylation sites (N-methyl/N-ethyl adjacent to an activating group) is 1. The largest absolute Gasteiger partial charge is 0.508 e. The van der Waals surface area contributed by atoms with Crippen LogP contribution in [0.3, 0.4) is 0 Å². The van der Waals surface area contributed by atoms with Crippen molar-refractivity contribution in [3.63, 3.8) is 0 Å². The Morgan fingerprint density at radius 2 is 1.60 bits per heavy atom. The maximum atomic E-state index is 13.0. The summed E-state index contributed by atoms with van der Waals surface area (Å²) >= 11 is 0. The molecule has 0 spiro atoms. The first kappa shape index (κ1) is 25.9. The first-order valence-electron chi connectivity index (χ1n) is 11.2. The number of hydrogen-bond acceptors (Lipinski definition) is 8. The lowest BCUT2D eigenvalue weighted by Gasteiger charge is -2.25. The van der Waals surface area contributed by atoms with Crippen LogP contribution in [-0.2, 0) is 27.2 Å². The number of phenols is 2. The number of phenolic OH excluding ortho intramolecular Hbond substituents is 2. The molecule has 9 N–H and O–H groups in total. The number of nitrogens with two attached hydrogens (primary N) is 1. The Morgan fingerprint density at radius 3 is 2.11 bits per heavy atom. The molecule has 11 nitrogen and oxygen atoms in total. The minimum absolute atomic E-state index is 0.0242. The summed E-state index contributed by atoms with van der Waals surface area (Å²) in [6, 6.07) is 6.01. The monoisotopic (exact) mass is 486 g/mol. The fourth-order valence-electron chi connectivity index (χ4n) is 3.97. The van der Waals surface area contributed by atoms with E-state index in [-0.39, 0.29) is 42.9 Å². The van der Waals surface area contributed by atoms with Gasteiger partial charge < -0.3 is 42.1 Å². The summed E-state index contributed by atoms with van der Waals surface area (Å²) in [5.74, 6) is -2.90. The topological polar surface area (TPSA) is 194 Å². The lowest BCUT2D eigenvalue weighted by molar-refractivity contribution is -0.142. The van der Waals surface area contributed by atoms with E-state index in [2.05, 4.69) is 16.0 Å². The maximum Gasteiger partial charge on any atom is 0.326 e. The molecule has 1 aliphatic rings. The van der Waals surface area contributed by atoms with Crippen LogP contribution in [0.1, 0.15) is 17.5 Å². The zero-order chi connectivity index (χ0) is 25.7.